The first-order valence-corrected chi connectivity index (χ1v) is 22.8. The number of carbonyl (C=O) groups excluding carboxylic acids is 4. The number of piperidine rings is 1. The Morgan fingerprint density at radius 1 is 0.754 bits per heavy atom. The highest BCUT2D eigenvalue weighted by Gasteiger charge is 2.45. The molecular formula is C47H65N9O5. The summed E-state index contributed by atoms with van der Waals surface area (Å²) < 4.78 is 6.28. The molecule has 3 aromatic rings. The summed E-state index contributed by atoms with van der Waals surface area (Å²) in [4.78, 5) is 66.4. The molecule has 3 saturated heterocycles. The van der Waals surface area contributed by atoms with Crippen molar-refractivity contribution in [2.45, 2.75) is 89.8 Å². The topological polar surface area (TPSA) is 143 Å². The van der Waals surface area contributed by atoms with Gasteiger partial charge >= 0.3 is 0 Å². The number of nitrogens with zero attached hydrogens (tertiary/aromatic N) is 6. The molecule has 6 heterocycles. The first kappa shape index (κ1) is 41.3. The van der Waals surface area contributed by atoms with Gasteiger partial charge in [0.15, 0.2) is 0 Å². The Kier molecular flexibility index (Phi) is 11.8. The van der Waals surface area contributed by atoms with Crippen molar-refractivity contribution in [3.63, 3.8) is 0 Å². The normalized spacial score (nSPS) is 26.2. The van der Waals surface area contributed by atoms with E-state index >= 15 is 0 Å². The van der Waals surface area contributed by atoms with E-state index in [-0.39, 0.29) is 33.2 Å². The van der Waals surface area contributed by atoms with Crippen molar-refractivity contribution in [1.29, 1.82) is 0 Å². The van der Waals surface area contributed by atoms with Crippen molar-refractivity contribution < 1.29 is 26.8 Å². The quantitative estimate of drug-likeness (QED) is 0.216. The van der Waals surface area contributed by atoms with Crippen molar-refractivity contribution in [3.8, 4) is 5.75 Å². The van der Waals surface area contributed by atoms with E-state index < -0.39 is 23.8 Å². The molecule has 5 aliphatic heterocycles. The van der Waals surface area contributed by atoms with Crippen LogP contribution in [0.4, 0.5) is 17.2 Å². The smallest absolute Gasteiger partial charge is 0.262 e. The zero-order chi connectivity index (χ0) is 42.3. The Bertz CT molecular complexity index is 2150. The molecule has 0 radical (unpaired) electrons. The summed E-state index contributed by atoms with van der Waals surface area (Å²) in [6.45, 7) is 16.2. The van der Waals surface area contributed by atoms with Gasteiger partial charge in [-0.15, -0.1) is 0 Å². The van der Waals surface area contributed by atoms with Gasteiger partial charge in [-0.1, -0.05) is 13.8 Å². The summed E-state index contributed by atoms with van der Waals surface area (Å²) >= 11 is 0. The first-order valence-electron chi connectivity index (χ1n) is 22.8. The number of hydrogen-bond acceptors (Lipinski definition) is 12. The van der Waals surface area contributed by atoms with Crippen LogP contribution in [0.5, 0.6) is 5.75 Å². The van der Waals surface area contributed by atoms with E-state index in [9.17, 15) is 19.2 Å². The van der Waals surface area contributed by atoms with Gasteiger partial charge in [-0.05, 0) is 118 Å². The van der Waals surface area contributed by atoms with Gasteiger partial charge in [0, 0.05) is 92.2 Å². The summed E-state index contributed by atoms with van der Waals surface area (Å²) in [6.07, 6.45) is 9.60. The molecule has 1 aromatic heterocycles. The second-order valence-corrected chi connectivity index (χ2v) is 18.1. The molecule has 4 amide bonds. The van der Waals surface area contributed by atoms with Gasteiger partial charge in [0.05, 0.1) is 22.9 Å². The molecule has 328 valence electrons. The number of carbonyl (C=O) groups is 4. The van der Waals surface area contributed by atoms with Crippen molar-refractivity contribution in [3.05, 3.63) is 77.0 Å². The third kappa shape index (κ3) is 8.72. The molecule has 0 spiro atoms. The zero-order valence-corrected chi connectivity index (χ0v) is 36.0. The standard InChI is InChI=1S/C45H55N9O5.C2H6.2H2/c1-45(13-14-45)59-33-7-9-37-36(26-33)41(49-48-37)31-12-15-46-39(24-31)53-22-18-51(19-23-53)28-30-4-2-29(3-5-30)27-50-16-20-52(21-17-50)32-6-8-34-35(25-32)44(58)54(43(34)57)38-10-11-40(55)47-42(38)56;1-2;;/h6-9,12,15,24-26,29-30,38,41,48-49H,2-5,10-11,13-14,16-23,27-28H2,1H3,(H,47,55,56);1-2H3;2*1H. The summed E-state index contributed by atoms with van der Waals surface area (Å²) in [7, 11) is 0. The van der Waals surface area contributed by atoms with Crippen LogP contribution in [0, 0.1) is 11.8 Å². The van der Waals surface area contributed by atoms with Gasteiger partial charge in [-0.2, -0.15) is 0 Å². The number of rotatable bonds is 10. The van der Waals surface area contributed by atoms with Crippen molar-refractivity contribution >= 4 is 40.8 Å². The minimum atomic E-state index is -0.950. The number of benzene rings is 2. The van der Waals surface area contributed by atoms with E-state index in [0.717, 1.165) is 111 Å². The van der Waals surface area contributed by atoms with Crippen LogP contribution >= 0.6 is 0 Å². The van der Waals surface area contributed by atoms with Gasteiger partial charge < -0.3 is 20.0 Å². The molecular weight excluding hydrogens is 771 g/mol. The number of hydrogen-bond donors (Lipinski definition) is 3. The van der Waals surface area contributed by atoms with Crippen LogP contribution in [0.25, 0.3) is 0 Å². The number of pyridine rings is 1. The second kappa shape index (κ2) is 17.4. The Morgan fingerprint density at radius 3 is 2.07 bits per heavy atom. The third-order valence-electron chi connectivity index (χ3n) is 14.0. The van der Waals surface area contributed by atoms with E-state index in [2.05, 4.69) is 73.0 Å². The fourth-order valence-electron chi connectivity index (χ4n) is 10.1. The maximum Gasteiger partial charge on any atom is 0.262 e. The highest BCUT2D eigenvalue weighted by molar-refractivity contribution is 6.23. The van der Waals surface area contributed by atoms with Crippen LogP contribution in [0.15, 0.2) is 54.7 Å². The molecule has 2 unspecified atom stereocenters. The Labute approximate surface area is 362 Å². The summed E-state index contributed by atoms with van der Waals surface area (Å²) in [5.41, 5.74) is 11.9. The minimum absolute atomic E-state index is 0. The lowest BCUT2D eigenvalue weighted by Crippen LogP contribution is -2.54. The number of piperazine rings is 2. The molecule has 14 heteroatoms. The average molecular weight is 836 g/mol. The number of fused-ring (bicyclic) bond motifs is 2. The monoisotopic (exact) mass is 836 g/mol. The SMILES string of the molecule is CC.CC1(Oc2ccc3c(c2)C(c2ccnc(N4CCN(CC5CCC(CN6CCN(c7ccc8c(c7)C(=O)N(C7CCC(=O)NC7=O)C8=O)CC6)CC5)CC4)c2)NN3)CC1.[HH].[HH]. The molecule has 2 atom stereocenters. The van der Waals surface area contributed by atoms with E-state index in [1.165, 1.54) is 43.4 Å². The summed E-state index contributed by atoms with van der Waals surface area (Å²) in [6, 6.07) is 15.2. The predicted molar refractivity (Wildman–Crippen MR) is 239 cm³/mol. The Hall–Kier alpha value is -5.05. The van der Waals surface area contributed by atoms with E-state index in [4.69, 9.17) is 9.72 Å². The minimum Gasteiger partial charge on any atom is -0.488 e. The third-order valence-corrected chi connectivity index (χ3v) is 14.0. The lowest BCUT2D eigenvalue weighted by atomic mass is 9.81. The lowest BCUT2D eigenvalue weighted by Gasteiger charge is -2.40. The Balaban J connectivity index is 0.00000147. The van der Waals surface area contributed by atoms with Crippen molar-refractivity contribution in [2.24, 2.45) is 11.8 Å². The second-order valence-electron chi connectivity index (χ2n) is 18.1. The molecule has 2 aliphatic carbocycles. The van der Waals surface area contributed by atoms with Crippen LogP contribution in [0.2, 0.25) is 0 Å². The number of nitrogens with one attached hydrogen (secondary N) is 3. The van der Waals surface area contributed by atoms with E-state index in [1.54, 1.807) is 12.1 Å². The van der Waals surface area contributed by atoms with Crippen LogP contribution < -0.4 is 30.7 Å². The first-order chi connectivity index (χ1) is 29.7. The largest absolute Gasteiger partial charge is 0.488 e. The molecule has 2 aromatic carbocycles. The van der Waals surface area contributed by atoms with E-state index in [0.29, 0.717) is 11.1 Å². The fourth-order valence-corrected chi connectivity index (χ4v) is 10.1. The fraction of sp³-hybridized carbons (Fsp3) is 0.553. The molecule has 2 saturated carbocycles. The van der Waals surface area contributed by atoms with Gasteiger partial charge in [0.1, 0.15) is 23.2 Å². The molecule has 61 heavy (non-hydrogen) atoms. The molecule has 7 aliphatic rings. The van der Waals surface area contributed by atoms with E-state index in [1.807, 2.05) is 26.1 Å². The van der Waals surface area contributed by atoms with Gasteiger partial charge in [0.25, 0.3) is 11.8 Å². The summed E-state index contributed by atoms with van der Waals surface area (Å²) in [5.74, 6) is 1.59. The highest BCUT2D eigenvalue weighted by Crippen LogP contribution is 2.42. The maximum atomic E-state index is 13.4. The number of aromatic nitrogens is 1. The molecule has 14 nitrogen and oxygen atoms in total. The van der Waals surface area contributed by atoms with Crippen molar-refractivity contribution in [2.75, 3.05) is 80.7 Å². The summed E-state index contributed by atoms with van der Waals surface area (Å²) in [5, 5.41) is 2.26. The molecule has 3 N–H and O–H groups in total. The lowest BCUT2D eigenvalue weighted by molar-refractivity contribution is -0.136. The van der Waals surface area contributed by atoms with Crippen molar-refractivity contribution in [1.82, 2.24) is 30.4 Å². The van der Waals surface area contributed by atoms with Crippen LogP contribution in [0.1, 0.15) is 113 Å². The number of amides is 4. The molecule has 0 bridgehead atoms. The van der Waals surface area contributed by atoms with Gasteiger partial charge in [-0.25, -0.2) is 10.4 Å². The zero-order valence-electron chi connectivity index (χ0n) is 36.0. The molecule has 5 fully saturated rings. The Morgan fingerprint density at radius 2 is 1.41 bits per heavy atom. The average Bonchev–Trinajstić information content (AvgIpc) is 3.77. The highest BCUT2D eigenvalue weighted by atomic mass is 16.5. The van der Waals surface area contributed by atoms with Gasteiger partial charge in [-0.3, -0.25) is 39.2 Å². The van der Waals surface area contributed by atoms with Gasteiger partial charge in [0.2, 0.25) is 11.8 Å². The number of ether oxygens (including phenoxy) is 1. The van der Waals surface area contributed by atoms with Crippen LogP contribution in [-0.4, -0.2) is 120 Å². The maximum absolute atomic E-state index is 13.4. The molecule has 10 rings (SSSR count). The van der Waals surface area contributed by atoms with Crippen LogP contribution in [-0.2, 0) is 9.59 Å². The predicted octanol–water partition coefficient (Wildman–Crippen LogP) is 5.70. The van der Waals surface area contributed by atoms with Crippen LogP contribution in [0.3, 0.4) is 0 Å². The number of imide groups is 2. The number of anilines is 3. The number of hydrazine groups is 1.